The summed E-state index contributed by atoms with van der Waals surface area (Å²) in [6.45, 7) is 2.18. The molecule has 1 unspecified atom stereocenters. The maximum absolute atomic E-state index is 13.3. The highest BCUT2D eigenvalue weighted by atomic mass is 35.5. The molecule has 0 aliphatic carbocycles. The number of carbonyl (C=O) groups is 1. The fourth-order valence-corrected chi connectivity index (χ4v) is 1.47. The van der Waals surface area contributed by atoms with Gasteiger partial charge in [-0.25, -0.2) is 9.18 Å². The molecule has 0 aliphatic rings. The molecule has 0 saturated carbocycles. The molecule has 4 nitrogen and oxygen atoms in total. The largest absolute Gasteiger partial charge is 0.393 e. The van der Waals surface area contributed by atoms with Crippen molar-refractivity contribution in [2.75, 3.05) is 11.9 Å². The van der Waals surface area contributed by atoms with Gasteiger partial charge in [0.2, 0.25) is 0 Å². The lowest BCUT2D eigenvalue weighted by Gasteiger charge is -2.10. The molecule has 0 spiro atoms. The molecule has 0 radical (unpaired) electrons. The first kappa shape index (κ1) is 14.7. The standard InChI is InChI=1S/C12H16ClFN2O2/c1-2-9(17)5-6-15-12(18)16-11-4-3-8(13)7-10(11)14/h3-4,7,9,17H,2,5-6H2,1H3,(H2,15,16,18). The molecule has 1 aromatic rings. The molecule has 1 atom stereocenters. The molecule has 2 amide bonds. The minimum Gasteiger partial charge on any atom is -0.393 e. The average molecular weight is 275 g/mol. The van der Waals surface area contributed by atoms with Gasteiger partial charge < -0.3 is 15.7 Å². The van der Waals surface area contributed by atoms with Crippen LogP contribution in [0.15, 0.2) is 18.2 Å². The summed E-state index contributed by atoms with van der Waals surface area (Å²) in [5.74, 6) is -0.591. The van der Waals surface area contributed by atoms with Gasteiger partial charge in [0, 0.05) is 11.6 Å². The van der Waals surface area contributed by atoms with E-state index in [1.54, 1.807) is 0 Å². The van der Waals surface area contributed by atoms with Gasteiger partial charge >= 0.3 is 6.03 Å². The minimum absolute atomic E-state index is 0.0629. The lowest BCUT2D eigenvalue weighted by Crippen LogP contribution is -2.31. The number of nitrogens with one attached hydrogen (secondary N) is 2. The van der Waals surface area contributed by atoms with Crippen LogP contribution in [0.5, 0.6) is 0 Å². The van der Waals surface area contributed by atoms with Crippen molar-refractivity contribution in [2.45, 2.75) is 25.9 Å². The summed E-state index contributed by atoms with van der Waals surface area (Å²) in [7, 11) is 0. The Morgan fingerprint density at radius 1 is 1.56 bits per heavy atom. The fraction of sp³-hybridized carbons (Fsp3) is 0.417. The number of urea groups is 1. The van der Waals surface area contributed by atoms with E-state index in [1.807, 2.05) is 6.92 Å². The lowest BCUT2D eigenvalue weighted by atomic mass is 10.2. The lowest BCUT2D eigenvalue weighted by molar-refractivity contribution is 0.160. The highest BCUT2D eigenvalue weighted by Crippen LogP contribution is 2.18. The van der Waals surface area contributed by atoms with E-state index in [-0.39, 0.29) is 10.7 Å². The Hall–Kier alpha value is -1.33. The third-order valence-corrected chi connectivity index (χ3v) is 2.65. The number of amides is 2. The first-order chi connectivity index (χ1) is 8.52. The van der Waals surface area contributed by atoms with Gasteiger partial charge in [-0.2, -0.15) is 0 Å². The van der Waals surface area contributed by atoms with Gasteiger partial charge in [0.15, 0.2) is 0 Å². The summed E-state index contributed by atoms with van der Waals surface area (Å²) in [5, 5.41) is 14.4. The Bertz CT molecular complexity index is 415. The number of carbonyl (C=O) groups excluding carboxylic acids is 1. The normalized spacial score (nSPS) is 12.0. The SMILES string of the molecule is CCC(O)CCNC(=O)Nc1ccc(Cl)cc1F. The summed E-state index contributed by atoms with van der Waals surface area (Å²) < 4.78 is 13.3. The van der Waals surface area contributed by atoms with Crippen LogP contribution in [0.2, 0.25) is 5.02 Å². The summed E-state index contributed by atoms with van der Waals surface area (Å²) in [6.07, 6.45) is 0.667. The zero-order valence-electron chi connectivity index (χ0n) is 10.0. The van der Waals surface area contributed by atoms with Crippen LogP contribution in [-0.4, -0.2) is 23.8 Å². The van der Waals surface area contributed by atoms with Crippen molar-refractivity contribution in [1.29, 1.82) is 0 Å². The smallest absolute Gasteiger partial charge is 0.319 e. The number of rotatable bonds is 5. The molecule has 1 aromatic carbocycles. The molecule has 0 saturated heterocycles. The Kier molecular flexibility index (Phi) is 5.88. The van der Waals surface area contributed by atoms with Gasteiger partial charge in [-0.15, -0.1) is 0 Å². The second kappa shape index (κ2) is 7.18. The van der Waals surface area contributed by atoms with Crippen molar-refractivity contribution in [3.8, 4) is 0 Å². The van der Waals surface area contributed by atoms with Crippen LogP contribution < -0.4 is 10.6 Å². The molecular formula is C12H16ClFN2O2. The molecule has 0 fully saturated rings. The average Bonchev–Trinajstić information content (AvgIpc) is 2.32. The van der Waals surface area contributed by atoms with Crippen molar-refractivity contribution in [2.24, 2.45) is 0 Å². The van der Waals surface area contributed by atoms with Crippen molar-refractivity contribution in [3.63, 3.8) is 0 Å². The highest BCUT2D eigenvalue weighted by Gasteiger charge is 2.07. The predicted molar refractivity (Wildman–Crippen MR) is 69.3 cm³/mol. The molecule has 6 heteroatoms. The number of benzene rings is 1. The number of aliphatic hydroxyl groups excluding tert-OH is 1. The van der Waals surface area contributed by atoms with Crippen LogP contribution in [0.4, 0.5) is 14.9 Å². The molecule has 18 heavy (non-hydrogen) atoms. The van der Waals surface area contributed by atoms with Crippen molar-refractivity contribution in [3.05, 3.63) is 29.0 Å². The van der Waals surface area contributed by atoms with E-state index in [0.29, 0.717) is 19.4 Å². The topological polar surface area (TPSA) is 61.4 Å². The van der Waals surface area contributed by atoms with E-state index in [4.69, 9.17) is 11.6 Å². The van der Waals surface area contributed by atoms with Crippen molar-refractivity contribution >= 4 is 23.3 Å². The summed E-state index contributed by atoms with van der Waals surface area (Å²) in [4.78, 5) is 11.4. The van der Waals surface area contributed by atoms with Gasteiger partial charge in [0.25, 0.3) is 0 Å². The van der Waals surface area contributed by atoms with Gasteiger partial charge in [0.05, 0.1) is 11.8 Å². The number of anilines is 1. The summed E-state index contributed by atoms with van der Waals surface area (Å²) >= 11 is 5.59. The van der Waals surface area contributed by atoms with Crippen LogP contribution in [0.25, 0.3) is 0 Å². The molecule has 3 N–H and O–H groups in total. The number of aliphatic hydroxyl groups is 1. The van der Waals surface area contributed by atoms with Crippen molar-refractivity contribution < 1.29 is 14.3 Å². The van der Waals surface area contributed by atoms with Crippen molar-refractivity contribution in [1.82, 2.24) is 5.32 Å². The van der Waals surface area contributed by atoms with E-state index in [2.05, 4.69) is 10.6 Å². The predicted octanol–water partition coefficient (Wildman–Crippen LogP) is 2.76. The molecule has 1 rings (SSSR count). The third-order valence-electron chi connectivity index (χ3n) is 2.41. The van der Waals surface area contributed by atoms with Crippen LogP contribution >= 0.6 is 11.6 Å². The highest BCUT2D eigenvalue weighted by molar-refractivity contribution is 6.30. The second-order valence-electron chi connectivity index (χ2n) is 3.86. The van der Waals surface area contributed by atoms with E-state index in [0.717, 1.165) is 6.07 Å². The second-order valence-corrected chi connectivity index (χ2v) is 4.29. The Balaban J connectivity index is 2.40. The monoisotopic (exact) mass is 274 g/mol. The maximum Gasteiger partial charge on any atom is 0.319 e. The zero-order valence-corrected chi connectivity index (χ0v) is 10.8. The molecule has 0 heterocycles. The summed E-state index contributed by atoms with van der Waals surface area (Å²) in [5.41, 5.74) is 0.0629. The van der Waals surface area contributed by atoms with Gasteiger partial charge in [-0.3, -0.25) is 0 Å². The Morgan fingerprint density at radius 3 is 2.89 bits per heavy atom. The van der Waals surface area contributed by atoms with Crippen LogP contribution in [0.3, 0.4) is 0 Å². The molecule has 0 aliphatic heterocycles. The van der Waals surface area contributed by atoms with E-state index in [9.17, 15) is 14.3 Å². The van der Waals surface area contributed by atoms with E-state index < -0.39 is 18.0 Å². The Morgan fingerprint density at radius 2 is 2.28 bits per heavy atom. The first-order valence-corrected chi connectivity index (χ1v) is 6.08. The number of halogens is 2. The number of hydrogen-bond donors (Lipinski definition) is 3. The molecule has 100 valence electrons. The number of hydrogen-bond acceptors (Lipinski definition) is 2. The van der Waals surface area contributed by atoms with Gasteiger partial charge in [-0.1, -0.05) is 18.5 Å². The van der Waals surface area contributed by atoms with Gasteiger partial charge in [-0.05, 0) is 31.0 Å². The Labute approximate surface area is 110 Å². The van der Waals surface area contributed by atoms with E-state index >= 15 is 0 Å². The minimum atomic E-state index is -0.591. The zero-order chi connectivity index (χ0) is 13.5. The molecule has 0 bridgehead atoms. The van der Waals surface area contributed by atoms with Crippen LogP contribution in [0, 0.1) is 5.82 Å². The quantitative estimate of drug-likeness (QED) is 0.773. The first-order valence-electron chi connectivity index (χ1n) is 5.71. The van der Waals surface area contributed by atoms with E-state index in [1.165, 1.54) is 12.1 Å². The van der Waals surface area contributed by atoms with Crippen LogP contribution in [0.1, 0.15) is 19.8 Å². The van der Waals surface area contributed by atoms with Gasteiger partial charge in [0.1, 0.15) is 5.82 Å². The molecule has 0 aromatic heterocycles. The molecular weight excluding hydrogens is 259 g/mol. The summed E-state index contributed by atoms with van der Waals surface area (Å²) in [6, 6.07) is 3.48. The maximum atomic E-state index is 13.3. The van der Waals surface area contributed by atoms with Crippen LogP contribution in [-0.2, 0) is 0 Å². The third kappa shape index (κ3) is 4.89. The fourth-order valence-electron chi connectivity index (χ4n) is 1.31.